The molecule has 4 nitrogen and oxygen atoms in total. The highest BCUT2D eigenvalue weighted by Crippen LogP contribution is 2.23. The van der Waals surface area contributed by atoms with Crippen molar-refractivity contribution in [2.24, 2.45) is 0 Å². The van der Waals surface area contributed by atoms with Crippen molar-refractivity contribution in [1.82, 2.24) is 9.78 Å². The minimum atomic E-state index is 0.0432. The first-order valence-electron chi connectivity index (χ1n) is 7.04. The van der Waals surface area contributed by atoms with E-state index in [0.717, 1.165) is 16.9 Å². The summed E-state index contributed by atoms with van der Waals surface area (Å²) in [5, 5.41) is 22.6. The van der Waals surface area contributed by atoms with Gasteiger partial charge in [-0.05, 0) is 24.3 Å². The van der Waals surface area contributed by atoms with Crippen molar-refractivity contribution in [3.63, 3.8) is 0 Å². The second kappa shape index (κ2) is 6.43. The van der Waals surface area contributed by atoms with E-state index in [1.807, 2.05) is 78.9 Å². The molecule has 3 rings (SSSR count). The summed E-state index contributed by atoms with van der Waals surface area (Å²) in [6.45, 7) is 0. The molecule has 0 saturated heterocycles. The van der Waals surface area contributed by atoms with Crippen LogP contribution in [0, 0.1) is 22.7 Å². The summed E-state index contributed by atoms with van der Waals surface area (Å²) in [7, 11) is 0. The number of hydrogen-bond acceptors (Lipinski definition) is 3. The Morgan fingerprint density at radius 3 is 2.13 bits per heavy atom. The molecule has 1 heterocycles. The first-order valence-corrected chi connectivity index (χ1v) is 7.04. The lowest BCUT2D eigenvalue weighted by Gasteiger charge is -2.03. The van der Waals surface area contributed by atoms with Crippen LogP contribution in [0.15, 0.2) is 72.3 Å². The molecule has 0 N–H and O–H groups in total. The molecular formula is C19H12N4. The first kappa shape index (κ1) is 14.3. The lowest BCUT2D eigenvalue weighted by atomic mass is 10.1. The first-order chi connectivity index (χ1) is 11.3. The number of nitriles is 2. The van der Waals surface area contributed by atoms with E-state index in [1.54, 1.807) is 10.8 Å². The van der Waals surface area contributed by atoms with E-state index in [9.17, 15) is 0 Å². The highest BCUT2D eigenvalue weighted by atomic mass is 15.3. The predicted molar refractivity (Wildman–Crippen MR) is 88.2 cm³/mol. The van der Waals surface area contributed by atoms with Crippen molar-refractivity contribution in [2.45, 2.75) is 0 Å². The summed E-state index contributed by atoms with van der Waals surface area (Å²) in [6, 6.07) is 25.1. The zero-order valence-electron chi connectivity index (χ0n) is 12.2. The van der Waals surface area contributed by atoms with Crippen LogP contribution in [0.2, 0.25) is 0 Å². The van der Waals surface area contributed by atoms with Crippen molar-refractivity contribution in [3.05, 3.63) is 78.0 Å². The quantitative estimate of drug-likeness (QED) is 0.687. The summed E-state index contributed by atoms with van der Waals surface area (Å²) >= 11 is 0. The van der Waals surface area contributed by atoms with Crippen LogP contribution < -0.4 is 0 Å². The van der Waals surface area contributed by atoms with E-state index < -0.39 is 0 Å². The molecule has 0 fully saturated rings. The van der Waals surface area contributed by atoms with Gasteiger partial charge in [-0.3, -0.25) is 0 Å². The Kier molecular flexibility index (Phi) is 4.00. The van der Waals surface area contributed by atoms with Gasteiger partial charge in [0.25, 0.3) is 0 Å². The van der Waals surface area contributed by atoms with Gasteiger partial charge in [0, 0.05) is 5.56 Å². The van der Waals surface area contributed by atoms with Gasteiger partial charge in [0.1, 0.15) is 17.7 Å². The lowest BCUT2D eigenvalue weighted by Crippen LogP contribution is -1.99. The Morgan fingerprint density at radius 1 is 0.913 bits per heavy atom. The van der Waals surface area contributed by atoms with Gasteiger partial charge in [-0.1, -0.05) is 48.5 Å². The Balaban J connectivity index is 2.18. The molecule has 0 amide bonds. The molecule has 0 saturated carbocycles. The van der Waals surface area contributed by atoms with Gasteiger partial charge in [-0.15, -0.1) is 0 Å². The van der Waals surface area contributed by atoms with Gasteiger partial charge < -0.3 is 0 Å². The van der Waals surface area contributed by atoms with Crippen LogP contribution in [0.4, 0.5) is 0 Å². The summed E-state index contributed by atoms with van der Waals surface area (Å²) in [5.41, 5.74) is 3.37. The van der Waals surface area contributed by atoms with E-state index in [1.165, 1.54) is 0 Å². The fourth-order valence-electron chi connectivity index (χ4n) is 2.26. The monoisotopic (exact) mass is 296 g/mol. The van der Waals surface area contributed by atoms with Crippen LogP contribution in [0.1, 0.15) is 5.69 Å². The number of nitrogens with zero attached hydrogens (tertiary/aromatic N) is 4. The van der Waals surface area contributed by atoms with Gasteiger partial charge in [-0.2, -0.15) is 15.6 Å². The van der Waals surface area contributed by atoms with Gasteiger partial charge in [0.05, 0.1) is 17.1 Å². The third kappa shape index (κ3) is 3.02. The topological polar surface area (TPSA) is 65.4 Å². The van der Waals surface area contributed by atoms with Crippen LogP contribution in [0.5, 0.6) is 0 Å². The molecule has 0 spiro atoms. The molecule has 3 aromatic rings. The molecule has 0 bridgehead atoms. The molecule has 4 heteroatoms. The summed E-state index contributed by atoms with van der Waals surface area (Å²) < 4.78 is 1.73. The van der Waals surface area contributed by atoms with Crippen molar-refractivity contribution in [1.29, 1.82) is 10.5 Å². The maximum Gasteiger partial charge on any atom is 0.131 e. The van der Waals surface area contributed by atoms with Crippen LogP contribution in [0.25, 0.3) is 23.0 Å². The van der Waals surface area contributed by atoms with E-state index in [0.29, 0.717) is 5.69 Å². The lowest BCUT2D eigenvalue weighted by molar-refractivity contribution is 0.874. The van der Waals surface area contributed by atoms with E-state index in [2.05, 4.69) is 5.10 Å². The van der Waals surface area contributed by atoms with Crippen LogP contribution >= 0.6 is 0 Å². The van der Waals surface area contributed by atoms with Gasteiger partial charge >= 0.3 is 0 Å². The SMILES string of the molecule is N#CC(C#N)=Cc1cc(-c2ccccc2)nn1-c1ccccc1. The zero-order chi connectivity index (χ0) is 16.1. The maximum absolute atomic E-state index is 9.00. The second-order valence-corrected chi connectivity index (χ2v) is 4.85. The van der Waals surface area contributed by atoms with Gasteiger partial charge in [0.2, 0.25) is 0 Å². The fourth-order valence-corrected chi connectivity index (χ4v) is 2.26. The van der Waals surface area contributed by atoms with Gasteiger partial charge in [-0.25, -0.2) is 4.68 Å². The average Bonchev–Trinajstić information content (AvgIpc) is 3.05. The van der Waals surface area contributed by atoms with E-state index in [-0.39, 0.29) is 5.57 Å². The molecule has 0 radical (unpaired) electrons. The average molecular weight is 296 g/mol. The van der Waals surface area contributed by atoms with Crippen molar-refractivity contribution < 1.29 is 0 Å². The molecule has 0 atom stereocenters. The number of hydrogen-bond donors (Lipinski definition) is 0. The zero-order valence-corrected chi connectivity index (χ0v) is 12.2. The normalized spacial score (nSPS) is 9.65. The fraction of sp³-hybridized carbons (Fsp3) is 0. The highest BCUT2D eigenvalue weighted by Gasteiger charge is 2.10. The van der Waals surface area contributed by atoms with Crippen LogP contribution in [-0.4, -0.2) is 9.78 Å². The van der Waals surface area contributed by atoms with E-state index >= 15 is 0 Å². The second-order valence-electron chi connectivity index (χ2n) is 4.85. The van der Waals surface area contributed by atoms with Crippen LogP contribution in [-0.2, 0) is 0 Å². The van der Waals surface area contributed by atoms with Crippen LogP contribution in [0.3, 0.4) is 0 Å². The number of allylic oxidation sites excluding steroid dienone is 1. The molecule has 108 valence electrons. The van der Waals surface area contributed by atoms with Crippen molar-refractivity contribution in [2.75, 3.05) is 0 Å². The number of aromatic nitrogens is 2. The van der Waals surface area contributed by atoms with Crippen molar-refractivity contribution >= 4 is 6.08 Å². The molecular weight excluding hydrogens is 284 g/mol. The molecule has 2 aromatic carbocycles. The molecule has 0 aliphatic rings. The van der Waals surface area contributed by atoms with Crippen molar-refractivity contribution in [3.8, 4) is 29.1 Å². The summed E-state index contributed by atoms with van der Waals surface area (Å²) in [4.78, 5) is 0. The number of benzene rings is 2. The minimum Gasteiger partial charge on any atom is -0.233 e. The Bertz CT molecular complexity index is 907. The molecule has 23 heavy (non-hydrogen) atoms. The third-order valence-electron chi connectivity index (χ3n) is 3.34. The smallest absolute Gasteiger partial charge is 0.131 e. The Morgan fingerprint density at radius 2 is 1.52 bits per heavy atom. The predicted octanol–water partition coefficient (Wildman–Crippen LogP) is 3.97. The third-order valence-corrected chi connectivity index (χ3v) is 3.34. The molecule has 0 aliphatic heterocycles. The molecule has 0 aliphatic carbocycles. The minimum absolute atomic E-state index is 0.0432. The number of para-hydroxylation sites is 1. The summed E-state index contributed by atoms with van der Waals surface area (Å²) in [5.74, 6) is 0. The molecule has 1 aromatic heterocycles. The highest BCUT2D eigenvalue weighted by molar-refractivity contribution is 5.67. The largest absolute Gasteiger partial charge is 0.233 e. The maximum atomic E-state index is 9.00. The molecule has 0 unspecified atom stereocenters. The van der Waals surface area contributed by atoms with E-state index in [4.69, 9.17) is 10.5 Å². The summed E-state index contributed by atoms with van der Waals surface area (Å²) in [6.07, 6.45) is 1.55. The Labute approximate surface area is 134 Å². The number of rotatable bonds is 3. The standard InChI is InChI=1S/C19H12N4/c20-13-15(14-21)11-18-12-19(16-7-3-1-4-8-16)22-23(18)17-9-5-2-6-10-17/h1-12H. The Hall–Kier alpha value is -3.63. The van der Waals surface area contributed by atoms with Gasteiger partial charge in [0.15, 0.2) is 0 Å².